The third-order valence-electron chi connectivity index (χ3n) is 4.09. The Labute approximate surface area is 116 Å². The lowest BCUT2D eigenvalue weighted by Gasteiger charge is -2.30. The molecule has 0 aliphatic heterocycles. The van der Waals surface area contributed by atoms with Crippen LogP contribution in [0.25, 0.3) is 0 Å². The molecule has 1 aliphatic rings. The smallest absolute Gasteiger partial charge is 0.159 e. The van der Waals surface area contributed by atoms with Crippen molar-refractivity contribution in [3.8, 4) is 0 Å². The first-order chi connectivity index (χ1) is 9.65. The van der Waals surface area contributed by atoms with Crippen molar-refractivity contribution >= 4 is 0 Å². The second-order valence-corrected chi connectivity index (χ2v) is 5.39. The van der Waals surface area contributed by atoms with Gasteiger partial charge in [0.2, 0.25) is 0 Å². The molecular formula is C17H16F2O. The van der Waals surface area contributed by atoms with Crippen LogP contribution >= 0.6 is 0 Å². The molecule has 3 rings (SSSR count). The number of fused-ring (bicyclic) bond motifs is 1. The average molecular weight is 274 g/mol. The highest BCUT2D eigenvalue weighted by molar-refractivity contribution is 5.32. The summed E-state index contributed by atoms with van der Waals surface area (Å²) >= 11 is 0. The van der Waals surface area contributed by atoms with Gasteiger partial charge in [-0.05, 0) is 54.0 Å². The summed E-state index contributed by atoms with van der Waals surface area (Å²) in [5, 5.41) is 10.4. The molecule has 0 heterocycles. The number of aryl methyl sites for hydroxylation is 1. The predicted octanol–water partition coefficient (Wildman–Crippen LogP) is 3.80. The minimum Gasteiger partial charge on any atom is -0.388 e. The molecule has 0 saturated heterocycles. The van der Waals surface area contributed by atoms with Gasteiger partial charge in [0.25, 0.3) is 0 Å². The van der Waals surface area contributed by atoms with E-state index in [1.165, 1.54) is 11.6 Å². The fourth-order valence-corrected chi connectivity index (χ4v) is 2.99. The molecule has 20 heavy (non-hydrogen) atoms. The Hall–Kier alpha value is -1.74. The van der Waals surface area contributed by atoms with Crippen LogP contribution in [0.15, 0.2) is 42.5 Å². The van der Waals surface area contributed by atoms with E-state index in [4.69, 9.17) is 0 Å². The van der Waals surface area contributed by atoms with Gasteiger partial charge in [0.15, 0.2) is 11.6 Å². The van der Waals surface area contributed by atoms with Gasteiger partial charge in [-0.1, -0.05) is 30.3 Å². The summed E-state index contributed by atoms with van der Waals surface area (Å²) in [6.45, 7) is 0. The Bertz CT molecular complexity index is 624. The van der Waals surface area contributed by atoms with E-state index in [1.807, 2.05) is 24.3 Å². The number of benzene rings is 2. The first-order valence-corrected chi connectivity index (χ1v) is 6.85. The van der Waals surface area contributed by atoms with Crippen molar-refractivity contribution < 1.29 is 13.9 Å². The molecule has 2 atom stereocenters. The molecule has 0 saturated carbocycles. The van der Waals surface area contributed by atoms with Crippen molar-refractivity contribution in [2.24, 2.45) is 5.92 Å². The maximum Gasteiger partial charge on any atom is 0.159 e. The monoisotopic (exact) mass is 274 g/mol. The lowest BCUT2D eigenvalue weighted by molar-refractivity contribution is 0.0936. The topological polar surface area (TPSA) is 20.2 Å². The van der Waals surface area contributed by atoms with Gasteiger partial charge in [0.1, 0.15) is 0 Å². The average Bonchev–Trinajstić information content (AvgIpc) is 2.46. The van der Waals surface area contributed by atoms with Gasteiger partial charge < -0.3 is 5.11 Å². The number of aliphatic hydroxyl groups excluding tert-OH is 1. The van der Waals surface area contributed by atoms with Crippen molar-refractivity contribution in [3.63, 3.8) is 0 Å². The van der Waals surface area contributed by atoms with Crippen LogP contribution in [-0.2, 0) is 12.8 Å². The Kier molecular flexibility index (Phi) is 3.53. The highest BCUT2D eigenvalue weighted by atomic mass is 19.2. The standard InChI is InChI=1S/C17H16F2O/c18-15-8-5-11(10-16(15)19)9-13-7-6-12-3-1-2-4-14(12)17(13)20/h1-5,8,10,13,17,20H,6-7,9H2. The van der Waals surface area contributed by atoms with Crippen LogP contribution in [0.2, 0.25) is 0 Å². The molecule has 1 aliphatic carbocycles. The van der Waals surface area contributed by atoms with Crippen LogP contribution in [0.4, 0.5) is 8.78 Å². The zero-order valence-corrected chi connectivity index (χ0v) is 11.0. The van der Waals surface area contributed by atoms with E-state index < -0.39 is 17.7 Å². The van der Waals surface area contributed by atoms with E-state index in [1.54, 1.807) is 6.07 Å². The molecule has 0 spiro atoms. The quantitative estimate of drug-likeness (QED) is 0.883. The van der Waals surface area contributed by atoms with Gasteiger partial charge >= 0.3 is 0 Å². The number of hydrogen-bond acceptors (Lipinski definition) is 1. The van der Waals surface area contributed by atoms with Crippen molar-refractivity contribution in [2.45, 2.75) is 25.4 Å². The predicted molar refractivity (Wildman–Crippen MR) is 73.3 cm³/mol. The third kappa shape index (κ3) is 2.46. The molecular weight excluding hydrogens is 258 g/mol. The second-order valence-electron chi connectivity index (χ2n) is 5.39. The summed E-state index contributed by atoms with van der Waals surface area (Å²) in [4.78, 5) is 0. The van der Waals surface area contributed by atoms with Crippen LogP contribution in [0.3, 0.4) is 0 Å². The normalized spacial score (nSPS) is 21.6. The zero-order valence-electron chi connectivity index (χ0n) is 11.0. The van der Waals surface area contributed by atoms with Gasteiger partial charge in [-0.3, -0.25) is 0 Å². The van der Waals surface area contributed by atoms with Crippen molar-refractivity contribution in [3.05, 3.63) is 70.8 Å². The lowest BCUT2D eigenvalue weighted by atomic mass is 9.78. The molecule has 2 aromatic carbocycles. The molecule has 0 amide bonds. The first kappa shape index (κ1) is 13.3. The summed E-state index contributed by atoms with van der Waals surface area (Å²) in [5.74, 6) is -1.61. The number of rotatable bonds is 2. The first-order valence-electron chi connectivity index (χ1n) is 6.85. The molecule has 1 N–H and O–H groups in total. The van der Waals surface area contributed by atoms with Crippen molar-refractivity contribution in [1.82, 2.24) is 0 Å². The van der Waals surface area contributed by atoms with Crippen LogP contribution in [0.5, 0.6) is 0 Å². The minimum absolute atomic E-state index is 0.0507. The number of aliphatic hydroxyl groups is 1. The lowest BCUT2D eigenvalue weighted by Crippen LogP contribution is -2.22. The van der Waals surface area contributed by atoms with Crippen LogP contribution in [0, 0.1) is 17.6 Å². The zero-order chi connectivity index (χ0) is 14.1. The molecule has 2 unspecified atom stereocenters. The van der Waals surface area contributed by atoms with Gasteiger partial charge in [-0.25, -0.2) is 8.78 Å². The maximum atomic E-state index is 13.2. The highest BCUT2D eigenvalue weighted by Gasteiger charge is 2.27. The Morgan fingerprint density at radius 2 is 1.85 bits per heavy atom. The summed E-state index contributed by atoms with van der Waals surface area (Å²) in [6.07, 6.45) is 1.80. The number of halogens is 2. The van der Waals surface area contributed by atoms with Crippen molar-refractivity contribution in [2.75, 3.05) is 0 Å². The summed E-state index contributed by atoms with van der Waals surface area (Å²) < 4.78 is 26.2. The van der Waals surface area contributed by atoms with Crippen LogP contribution in [-0.4, -0.2) is 5.11 Å². The maximum absolute atomic E-state index is 13.2. The van der Waals surface area contributed by atoms with E-state index in [2.05, 4.69) is 0 Å². The molecule has 2 aromatic rings. The summed E-state index contributed by atoms with van der Waals surface area (Å²) in [5.41, 5.74) is 2.88. The second kappa shape index (κ2) is 5.33. The Morgan fingerprint density at radius 3 is 2.65 bits per heavy atom. The summed E-state index contributed by atoms with van der Waals surface area (Å²) in [6, 6.07) is 11.8. The highest BCUT2D eigenvalue weighted by Crippen LogP contribution is 2.36. The molecule has 0 aromatic heterocycles. The molecule has 0 radical (unpaired) electrons. The largest absolute Gasteiger partial charge is 0.388 e. The molecule has 104 valence electrons. The fourth-order valence-electron chi connectivity index (χ4n) is 2.99. The third-order valence-corrected chi connectivity index (χ3v) is 4.09. The SMILES string of the molecule is OC1c2ccccc2CCC1Cc1ccc(F)c(F)c1. The molecule has 1 nitrogen and oxygen atoms in total. The van der Waals surface area contributed by atoms with Gasteiger partial charge in [0, 0.05) is 0 Å². The fraction of sp³-hybridized carbons (Fsp3) is 0.294. The van der Waals surface area contributed by atoms with Crippen LogP contribution in [0.1, 0.15) is 29.2 Å². The van der Waals surface area contributed by atoms with Crippen LogP contribution < -0.4 is 0 Å². The molecule has 0 fully saturated rings. The van der Waals surface area contributed by atoms with E-state index >= 15 is 0 Å². The Balaban J connectivity index is 1.81. The molecule has 0 bridgehead atoms. The summed E-state index contributed by atoms with van der Waals surface area (Å²) in [7, 11) is 0. The van der Waals surface area contributed by atoms with Gasteiger partial charge in [0.05, 0.1) is 6.10 Å². The minimum atomic E-state index is -0.830. The van der Waals surface area contributed by atoms with Gasteiger partial charge in [-0.2, -0.15) is 0 Å². The van der Waals surface area contributed by atoms with E-state index in [0.29, 0.717) is 6.42 Å². The van der Waals surface area contributed by atoms with E-state index in [9.17, 15) is 13.9 Å². The molecule has 3 heteroatoms. The van der Waals surface area contributed by atoms with E-state index in [0.717, 1.165) is 30.0 Å². The number of hydrogen-bond donors (Lipinski definition) is 1. The van der Waals surface area contributed by atoms with Gasteiger partial charge in [-0.15, -0.1) is 0 Å². The Morgan fingerprint density at radius 1 is 1.05 bits per heavy atom. The van der Waals surface area contributed by atoms with E-state index in [-0.39, 0.29) is 5.92 Å². The van der Waals surface area contributed by atoms with Crippen molar-refractivity contribution in [1.29, 1.82) is 0 Å².